The number of fused-ring (bicyclic) bond motifs is 1. The number of likely N-dealkylation sites (tertiary alicyclic amines) is 1. The van der Waals surface area contributed by atoms with Crippen LogP contribution in [0.25, 0.3) is 10.1 Å². The summed E-state index contributed by atoms with van der Waals surface area (Å²) in [5.74, 6) is -3.47. The standard InChI is InChI=1S/C20H23NO7S/c1-24-13-26-17-12-21(20(17)27-18(22)19(23)28-20)7-2-8-25-9-5-14-3-4-16-15(11-14)6-10-29-16/h3-4,6,10-11,17H,2,5,7-9,12-13H2,1H3. The van der Waals surface area contributed by atoms with Crippen LogP contribution >= 0.6 is 11.3 Å². The second kappa shape index (κ2) is 8.76. The van der Waals surface area contributed by atoms with Gasteiger partial charge in [0.05, 0.1) is 6.61 Å². The van der Waals surface area contributed by atoms with Gasteiger partial charge in [0.15, 0.2) is 6.10 Å². The number of carbonyl (C=O) groups excluding carboxylic acids is 2. The number of ether oxygens (including phenoxy) is 5. The van der Waals surface area contributed by atoms with Gasteiger partial charge in [0.1, 0.15) is 6.79 Å². The van der Waals surface area contributed by atoms with Crippen molar-refractivity contribution < 1.29 is 33.3 Å². The van der Waals surface area contributed by atoms with Crippen molar-refractivity contribution in [3.63, 3.8) is 0 Å². The van der Waals surface area contributed by atoms with Crippen LogP contribution in [0, 0.1) is 0 Å². The molecule has 1 aromatic heterocycles. The van der Waals surface area contributed by atoms with Crippen LogP contribution in [-0.2, 0) is 39.7 Å². The van der Waals surface area contributed by atoms with E-state index < -0.39 is 24.0 Å². The highest BCUT2D eigenvalue weighted by molar-refractivity contribution is 7.17. The highest BCUT2D eigenvalue weighted by Crippen LogP contribution is 2.39. The molecule has 3 heterocycles. The Morgan fingerprint density at radius 3 is 2.83 bits per heavy atom. The van der Waals surface area contributed by atoms with Crippen LogP contribution in [0.4, 0.5) is 0 Å². The third-order valence-corrected chi connectivity index (χ3v) is 5.93. The van der Waals surface area contributed by atoms with Gasteiger partial charge in [0, 0.05) is 31.5 Å². The molecule has 0 radical (unpaired) electrons. The van der Waals surface area contributed by atoms with E-state index in [2.05, 4.69) is 29.6 Å². The molecule has 1 atom stereocenters. The van der Waals surface area contributed by atoms with Crippen molar-refractivity contribution >= 4 is 33.4 Å². The molecule has 9 heteroatoms. The molecule has 29 heavy (non-hydrogen) atoms. The third-order valence-electron chi connectivity index (χ3n) is 5.03. The average molecular weight is 421 g/mol. The zero-order valence-corrected chi connectivity index (χ0v) is 16.9. The summed E-state index contributed by atoms with van der Waals surface area (Å²) in [6.07, 6.45) is 0.990. The molecule has 1 aromatic carbocycles. The van der Waals surface area contributed by atoms with E-state index in [-0.39, 0.29) is 6.79 Å². The van der Waals surface area contributed by atoms with E-state index >= 15 is 0 Å². The first-order chi connectivity index (χ1) is 14.1. The van der Waals surface area contributed by atoms with Crippen LogP contribution in [0.2, 0.25) is 0 Å². The van der Waals surface area contributed by atoms with Gasteiger partial charge in [-0.05, 0) is 41.3 Å². The maximum absolute atomic E-state index is 11.5. The predicted molar refractivity (Wildman–Crippen MR) is 104 cm³/mol. The minimum atomic E-state index is -1.47. The predicted octanol–water partition coefficient (Wildman–Crippen LogP) is 1.91. The van der Waals surface area contributed by atoms with Crippen molar-refractivity contribution in [2.45, 2.75) is 24.9 Å². The molecule has 0 saturated carbocycles. The van der Waals surface area contributed by atoms with Gasteiger partial charge in [-0.15, -0.1) is 11.3 Å². The summed E-state index contributed by atoms with van der Waals surface area (Å²) >= 11 is 1.74. The van der Waals surface area contributed by atoms with Crippen molar-refractivity contribution in [1.29, 1.82) is 0 Å². The molecule has 1 spiro atoms. The van der Waals surface area contributed by atoms with Crippen molar-refractivity contribution in [1.82, 2.24) is 4.90 Å². The molecule has 0 aliphatic carbocycles. The van der Waals surface area contributed by atoms with Crippen molar-refractivity contribution in [3.8, 4) is 0 Å². The highest BCUT2D eigenvalue weighted by Gasteiger charge is 2.66. The van der Waals surface area contributed by atoms with Crippen LogP contribution in [0.3, 0.4) is 0 Å². The normalized spacial score (nSPS) is 20.8. The molecule has 2 aromatic rings. The molecule has 2 saturated heterocycles. The molecule has 0 amide bonds. The quantitative estimate of drug-likeness (QED) is 0.249. The van der Waals surface area contributed by atoms with Crippen LogP contribution in [0.5, 0.6) is 0 Å². The highest BCUT2D eigenvalue weighted by atomic mass is 32.1. The molecule has 2 aliphatic heterocycles. The van der Waals surface area contributed by atoms with Crippen LogP contribution in [0.1, 0.15) is 12.0 Å². The number of methoxy groups -OCH3 is 1. The Labute approximate surface area is 172 Å². The zero-order chi connectivity index (χ0) is 20.3. The topological polar surface area (TPSA) is 83.5 Å². The fourth-order valence-corrected chi connectivity index (χ4v) is 4.31. The second-order valence-electron chi connectivity index (χ2n) is 6.93. The molecule has 2 fully saturated rings. The summed E-state index contributed by atoms with van der Waals surface area (Å²) in [6, 6.07) is 8.60. The number of rotatable bonds is 10. The molecular weight excluding hydrogens is 398 g/mol. The van der Waals surface area contributed by atoms with Gasteiger partial charge < -0.3 is 23.7 Å². The maximum Gasteiger partial charge on any atom is 0.422 e. The van der Waals surface area contributed by atoms with Crippen molar-refractivity contribution in [2.24, 2.45) is 0 Å². The first-order valence-corrected chi connectivity index (χ1v) is 10.4. The summed E-state index contributed by atoms with van der Waals surface area (Å²) in [4.78, 5) is 24.8. The number of benzene rings is 1. The summed E-state index contributed by atoms with van der Waals surface area (Å²) < 4.78 is 27.7. The van der Waals surface area contributed by atoms with Crippen LogP contribution < -0.4 is 0 Å². The number of esters is 2. The van der Waals surface area contributed by atoms with Crippen molar-refractivity contribution in [3.05, 3.63) is 35.2 Å². The Morgan fingerprint density at radius 1 is 1.21 bits per heavy atom. The Hall–Kier alpha value is -2.04. The Balaban J connectivity index is 1.20. The largest absolute Gasteiger partial charge is 0.422 e. The van der Waals surface area contributed by atoms with E-state index in [9.17, 15) is 9.59 Å². The molecule has 2 aliphatic rings. The smallest absolute Gasteiger partial charge is 0.397 e. The Morgan fingerprint density at radius 2 is 2.03 bits per heavy atom. The summed E-state index contributed by atoms with van der Waals surface area (Å²) in [5.41, 5.74) is 1.25. The first kappa shape index (κ1) is 20.2. The van der Waals surface area contributed by atoms with E-state index in [1.54, 1.807) is 16.2 Å². The molecule has 0 N–H and O–H groups in total. The van der Waals surface area contributed by atoms with Crippen molar-refractivity contribution in [2.75, 3.05) is 40.2 Å². The molecule has 156 valence electrons. The van der Waals surface area contributed by atoms with E-state index in [1.165, 1.54) is 22.8 Å². The van der Waals surface area contributed by atoms with Gasteiger partial charge >= 0.3 is 17.8 Å². The van der Waals surface area contributed by atoms with Gasteiger partial charge in [0.25, 0.3) is 0 Å². The minimum Gasteiger partial charge on any atom is -0.397 e. The number of thiophene rings is 1. The van der Waals surface area contributed by atoms with E-state index in [0.717, 1.165) is 6.42 Å². The van der Waals surface area contributed by atoms with Crippen LogP contribution in [0.15, 0.2) is 29.6 Å². The molecular formula is C20H23NO7S. The lowest BCUT2D eigenvalue weighted by molar-refractivity contribution is -0.369. The Bertz CT molecular complexity index is 867. The lowest BCUT2D eigenvalue weighted by Gasteiger charge is -2.50. The average Bonchev–Trinajstić information content (AvgIpc) is 3.31. The third kappa shape index (κ3) is 4.15. The number of hydrogen-bond donors (Lipinski definition) is 0. The molecule has 4 rings (SSSR count). The number of nitrogens with zero attached hydrogens (tertiary/aromatic N) is 1. The SMILES string of the molecule is COCOC1CN(CCCOCCc2ccc3sccc3c2)C12OC(=O)C(=O)O2. The van der Waals surface area contributed by atoms with Crippen LogP contribution in [-0.4, -0.2) is 69.1 Å². The fourth-order valence-electron chi connectivity index (χ4n) is 3.54. The molecule has 0 bridgehead atoms. The van der Waals surface area contributed by atoms with E-state index in [4.69, 9.17) is 23.7 Å². The molecule has 1 unspecified atom stereocenters. The van der Waals surface area contributed by atoms with Gasteiger partial charge in [-0.2, -0.15) is 0 Å². The second-order valence-corrected chi connectivity index (χ2v) is 7.87. The maximum atomic E-state index is 11.5. The van der Waals surface area contributed by atoms with E-state index in [0.29, 0.717) is 32.7 Å². The van der Waals surface area contributed by atoms with E-state index in [1.807, 2.05) is 0 Å². The first-order valence-electron chi connectivity index (χ1n) is 9.48. The summed E-state index contributed by atoms with van der Waals surface area (Å²) in [5, 5.41) is 3.36. The summed E-state index contributed by atoms with van der Waals surface area (Å²) in [7, 11) is 1.49. The number of hydrogen-bond acceptors (Lipinski definition) is 9. The minimum absolute atomic E-state index is 0.0235. The van der Waals surface area contributed by atoms with Gasteiger partial charge in [-0.1, -0.05) is 12.1 Å². The van der Waals surface area contributed by atoms with Gasteiger partial charge in [0.2, 0.25) is 0 Å². The Kier molecular flexibility index (Phi) is 6.12. The van der Waals surface area contributed by atoms with Gasteiger partial charge in [-0.3, -0.25) is 0 Å². The lowest BCUT2D eigenvalue weighted by Crippen LogP contribution is -2.72. The number of carbonyl (C=O) groups is 2. The monoisotopic (exact) mass is 421 g/mol. The lowest BCUT2D eigenvalue weighted by atomic mass is 10.1. The molecule has 8 nitrogen and oxygen atoms in total. The zero-order valence-electron chi connectivity index (χ0n) is 16.1. The fraction of sp³-hybridized carbons (Fsp3) is 0.500. The summed E-state index contributed by atoms with van der Waals surface area (Å²) in [6.45, 7) is 2.23. The van der Waals surface area contributed by atoms with Gasteiger partial charge in [-0.25, -0.2) is 14.5 Å².